The number of rotatable bonds is 4. The van der Waals surface area contributed by atoms with Gasteiger partial charge in [-0.15, -0.1) is 11.3 Å². The Labute approximate surface area is 102 Å². The molecule has 3 nitrogen and oxygen atoms in total. The number of piperidine rings is 1. The average molecular weight is 239 g/mol. The molecule has 1 N–H and O–H groups in total. The summed E-state index contributed by atoms with van der Waals surface area (Å²) in [5.74, 6) is 0.865. The minimum absolute atomic E-state index is 0.488. The zero-order chi connectivity index (χ0) is 11.4. The van der Waals surface area contributed by atoms with Crippen LogP contribution in [-0.2, 0) is 0 Å². The second-order valence-electron chi connectivity index (χ2n) is 4.63. The van der Waals surface area contributed by atoms with E-state index < -0.39 is 0 Å². The normalized spacial score (nSPS) is 21.1. The van der Waals surface area contributed by atoms with Gasteiger partial charge in [0.1, 0.15) is 0 Å². The molecule has 4 heteroatoms. The predicted octanol–water partition coefficient (Wildman–Crippen LogP) is 2.14. The lowest BCUT2D eigenvalue weighted by Gasteiger charge is -2.35. The maximum Gasteiger partial charge on any atom is 0.0795 e. The molecule has 0 spiro atoms. The molecule has 16 heavy (non-hydrogen) atoms. The van der Waals surface area contributed by atoms with Gasteiger partial charge < -0.3 is 5.32 Å². The van der Waals surface area contributed by atoms with Gasteiger partial charge in [0, 0.05) is 5.38 Å². The lowest BCUT2D eigenvalue weighted by atomic mass is 9.95. The highest BCUT2D eigenvalue weighted by atomic mass is 32.1. The maximum absolute atomic E-state index is 4.41. The van der Waals surface area contributed by atoms with Crippen molar-refractivity contribution in [2.45, 2.75) is 25.8 Å². The van der Waals surface area contributed by atoms with Gasteiger partial charge in [-0.05, 0) is 52.4 Å². The summed E-state index contributed by atoms with van der Waals surface area (Å²) in [6.45, 7) is 5.86. The molecule has 1 aliphatic rings. The van der Waals surface area contributed by atoms with Crippen molar-refractivity contribution in [1.82, 2.24) is 15.2 Å². The van der Waals surface area contributed by atoms with Gasteiger partial charge in [0.2, 0.25) is 0 Å². The Morgan fingerprint density at radius 2 is 2.31 bits per heavy atom. The SMILES string of the molecule is CNCC1CCN(C(C)c2cscn2)CC1. The molecule has 0 bridgehead atoms. The quantitative estimate of drug-likeness (QED) is 0.872. The standard InChI is InChI=1S/C12H21N3S/c1-10(12-8-16-9-14-12)15-5-3-11(4-6-15)7-13-2/h8-11,13H,3-7H2,1-2H3. The molecule has 0 amide bonds. The Balaban J connectivity index is 1.84. The van der Waals surface area contributed by atoms with Gasteiger partial charge in [0.05, 0.1) is 17.2 Å². The van der Waals surface area contributed by atoms with Gasteiger partial charge in [0.25, 0.3) is 0 Å². The molecule has 1 saturated heterocycles. The summed E-state index contributed by atoms with van der Waals surface area (Å²) < 4.78 is 0. The monoisotopic (exact) mass is 239 g/mol. The van der Waals surface area contributed by atoms with E-state index in [1.54, 1.807) is 11.3 Å². The number of nitrogens with zero attached hydrogens (tertiary/aromatic N) is 2. The molecule has 0 aliphatic carbocycles. The average Bonchev–Trinajstić information content (AvgIpc) is 2.83. The van der Waals surface area contributed by atoms with Crippen LogP contribution in [-0.4, -0.2) is 36.6 Å². The first-order valence-electron chi connectivity index (χ1n) is 6.08. The second kappa shape index (κ2) is 5.75. The summed E-state index contributed by atoms with van der Waals surface area (Å²) in [7, 11) is 2.05. The zero-order valence-corrected chi connectivity index (χ0v) is 11.0. The van der Waals surface area contributed by atoms with Crippen molar-refractivity contribution in [2.75, 3.05) is 26.7 Å². The van der Waals surface area contributed by atoms with Gasteiger partial charge in [-0.25, -0.2) is 4.98 Å². The summed E-state index contributed by atoms with van der Waals surface area (Å²) >= 11 is 1.69. The van der Waals surface area contributed by atoms with Crippen molar-refractivity contribution in [3.05, 3.63) is 16.6 Å². The second-order valence-corrected chi connectivity index (χ2v) is 5.34. The van der Waals surface area contributed by atoms with Crippen LogP contribution in [0.3, 0.4) is 0 Å². The van der Waals surface area contributed by atoms with E-state index in [-0.39, 0.29) is 0 Å². The van der Waals surface area contributed by atoms with Crippen LogP contribution in [0.4, 0.5) is 0 Å². The molecule has 0 radical (unpaired) electrons. The Hall–Kier alpha value is -0.450. The van der Waals surface area contributed by atoms with Crippen molar-refractivity contribution in [3.63, 3.8) is 0 Å². The first kappa shape index (κ1) is 12.0. The van der Waals surface area contributed by atoms with E-state index in [1.165, 1.54) is 38.2 Å². The summed E-state index contributed by atoms with van der Waals surface area (Å²) in [5.41, 5.74) is 3.16. The van der Waals surface area contributed by atoms with E-state index >= 15 is 0 Å². The molecule has 1 fully saturated rings. The molecule has 2 heterocycles. The number of nitrogens with one attached hydrogen (secondary N) is 1. The first-order valence-corrected chi connectivity index (χ1v) is 7.02. The third-order valence-electron chi connectivity index (χ3n) is 3.57. The molecule has 1 aliphatic heterocycles. The molecule has 90 valence electrons. The molecule has 2 rings (SSSR count). The van der Waals surface area contributed by atoms with Crippen molar-refractivity contribution < 1.29 is 0 Å². The maximum atomic E-state index is 4.41. The van der Waals surface area contributed by atoms with Gasteiger partial charge in [-0.2, -0.15) is 0 Å². The topological polar surface area (TPSA) is 28.2 Å². The van der Waals surface area contributed by atoms with E-state index in [1.807, 2.05) is 12.6 Å². The van der Waals surface area contributed by atoms with Crippen molar-refractivity contribution >= 4 is 11.3 Å². The predicted molar refractivity (Wildman–Crippen MR) is 68.8 cm³/mol. The summed E-state index contributed by atoms with van der Waals surface area (Å²) in [6, 6.07) is 0.488. The highest BCUT2D eigenvalue weighted by molar-refractivity contribution is 7.07. The molecule has 0 aromatic carbocycles. The van der Waals surface area contributed by atoms with Gasteiger partial charge in [0.15, 0.2) is 0 Å². The highest BCUT2D eigenvalue weighted by Crippen LogP contribution is 2.25. The molecule has 1 unspecified atom stereocenters. The van der Waals surface area contributed by atoms with E-state index in [0.717, 1.165) is 5.92 Å². The fourth-order valence-electron chi connectivity index (χ4n) is 2.45. The van der Waals surface area contributed by atoms with Crippen LogP contribution in [0.15, 0.2) is 10.9 Å². The van der Waals surface area contributed by atoms with Crippen LogP contribution in [0.5, 0.6) is 0 Å². The molecule has 1 atom stereocenters. The highest BCUT2D eigenvalue weighted by Gasteiger charge is 2.23. The Morgan fingerprint density at radius 3 is 2.88 bits per heavy atom. The number of aromatic nitrogens is 1. The fourth-order valence-corrected chi connectivity index (χ4v) is 3.09. The van der Waals surface area contributed by atoms with Crippen LogP contribution in [0.2, 0.25) is 0 Å². The first-order chi connectivity index (χ1) is 7.81. The fraction of sp³-hybridized carbons (Fsp3) is 0.750. The van der Waals surface area contributed by atoms with Crippen molar-refractivity contribution in [2.24, 2.45) is 5.92 Å². The lowest BCUT2D eigenvalue weighted by Crippen LogP contribution is -2.38. The van der Waals surface area contributed by atoms with Gasteiger partial charge >= 0.3 is 0 Å². The zero-order valence-electron chi connectivity index (χ0n) is 10.1. The van der Waals surface area contributed by atoms with Crippen LogP contribution in [0.1, 0.15) is 31.5 Å². The van der Waals surface area contributed by atoms with Crippen LogP contribution in [0.25, 0.3) is 0 Å². The summed E-state index contributed by atoms with van der Waals surface area (Å²) in [6.07, 6.45) is 2.63. The van der Waals surface area contributed by atoms with Crippen molar-refractivity contribution in [3.8, 4) is 0 Å². The minimum atomic E-state index is 0.488. The Kier molecular flexibility index (Phi) is 4.32. The minimum Gasteiger partial charge on any atom is -0.319 e. The summed E-state index contributed by atoms with van der Waals surface area (Å²) in [5, 5.41) is 5.45. The molecule has 1 aromatic heterocycles. The largest absolute Gasteiger partial charge is 0.319 e. The molecule has 1 aromatic rings. The van der Waals surface area contributed by atoms with Crippen molar-refractivity contribution in [1.29, 1.82) is 0 Å². The lowest BCUT2D eigenvalue weighted by molar-refractivity contribution is 0.139. The summed E-state index contributed by atoms with van der Waals surface area (Å²) in [4.78, 5) is 6.97. The van der Waals surface area contributed by atoms with Gasteiger partial charge in [-0.3, -0.25) is 4.90 Å². The van der Waals surface area contributed by atoms with Crippen LogP contribution >= 0.6 is 11.3 Å². The Morgan fingerprint density at radius 1 is 1.56 bits per heavy atom. The Bertz CT molecular complexity index is 291. The number of likely N-dealkylation sites (tertiary alicyclic amines) is 1. The smallest absolute Gasteiger partial charge is 0.0795 e. The van der Waals surface area contributed by atoms with Crippen LogP contribution in [0, 0.1) is 5.92 Å². The number of thiazole rings is 1. The third kappa shape index (κ3) is 2.81. The number of hydrogen-bond acceptors (Lipinski definition) is 4. The molecular weight excluding hydrogens is 218 g/mol. The number of hydrogen-bond donors (Lipinski definition) is 1. The van der Waals surface area contributed by atoms with E-state index in [4.69, 9.17) is 0 Å². The molecular formula is C12H21N3S. The molecule has 0 saturated carbocycles. The van der Waals surface area contributed by atoms with Gasteiger partial charge in [-0.1, -0.05) is 0 Å². The van der Waals surface area contributed by atoms with E-state index in [9.17, 15) is 0 Å². The van der Waals surface area contributed by atoms with Crippen LogP contribution < -0.4 is 5.32 Å². The van der Waals surface area contributed by atoms with E-state index in [0.29, 0.717) is 6.04 Å². The van der Waals surface area contributed by atoms with E-state index in [2.05, 4.69) is 27.5 Å². The third-order valence-corrected chi connectivity index (χ3v) is 4.17.